The maximum Gasteiger partial charge on any atom is 0.252 e. The lowest BCUT2D eigenvalue weighted by molar-refractivity contribution is 0.668. The zero-order chi connectivity index (χ0) is 55.0. The van der Waals surface area contributed by atoms with Crippen LogP contribution in [0.15, 0.2) is 298 Å². The Morgan fingerprint density at radius 1 is 0.226 bits per heavy atom. The highest BCUT2D eigenvalue weighted by Crippen LogP contribution is 2.51. The third-order valence-corrected chi connectivity index (χ3v) is 17.7. The standard InChI is InChI=1S/C78H47BN2O3/c1-3-19-48(20-4-1)54-23-7-12-30-64(54)80-66-40-37-51(56-28-17-35-74-76(56)59-26-10-15-33-71(59)83-74)44-62(66)79-63-45-52(57-29-18-36-75-77(57)60-27-11-16-34-72(60)84-75)38-41-67(63)81(65-31-13-8-24-55(65)49-21-5-2-6-22-49)69-47-53(46-68(80)78(69)79)50-39-42-73-61(43-50)58-25-9-14-32-70(58)82-73/h1-47H. The largest absolute Gasteiger partial charge is 0.456 e. The van der Waals surface area contributed by atoms with Crippen molar-refractivity contribution < 1.29 is 13.3 Å². The first-order valence-electron chi connectivity index (χ1n) is 28.7. The van der Waals surface area contributed by atoms with Gasteiger partial charge in [0, 0.05) is 66.2 Å². The third-order valence-electron chi connectivity index (χ3n) is 17.7. The first-order chi connectivity index (χ1) is 41.7. The van der Waals surface area contributed by atoms with Gasteiger partial charge in [0.2, 0.25) is 0 Å². The minimum Gasteiger partial charge on any atom is -0.456 e. The summed E-state index contributed by atoms with van der Waals surface area (Å²) in [7, 11) is 0. The van der Waals surface area contributed by atoms with E-state index >= 15 is 0 Å². The summed E-state index contributed by atoms with van der Waals surface area (Å²) in [4.78, 5) is 5.13. The Kier molecular flexibility index (Phi) is 10.1. The number of hydrogen-bond donors (Lipinski definition) is 0. The van der Waals surface area contributed by atoms with Crippen LogP contribution in [0.4, 0.5) is 34.1 Å². The van der Waals surface area contributed by atoms with Crippen molar-refractivity contribution in [3.63, 3.8) is 0 Å². The summed E-state index contributed by atoms with van der Waals surface area (Å²) in [6.07, 6.45) is 0. The van der Waals surface area contributed by atoms with E-state index in [-0.39, 0.29) is 6.71 Å². The fourth-order valence-electron chi connectivity index (χ4n) is 14.0. The molecule has 390 valence electrons. The van der Waals surface area contributed by atoms with Gasteiger partial charge in [-0.25, -0.2) is 0 Å². The molecule has 5 heterocycles. The van der Waals surface area contributed by atoms with Crippen LogP contribution >= 0.6 is 0 Å². The number of furan rings is 3. The molecule has 0 radical (unpaired) electrons. The molecule has 2 aliphatic rings. The zero-order valence-electron chi connectivity index (χ0n) is 45.3. The highest BCUT2D eigenvalue weighted by Gasteiger charge is 2.45. The van der Waals surface area contributed by atoms with Gasteiger partial charge in [0.1, 0.15) is 33.5 Å². The van der Waals surface area contributed by atoms with Crippen molar-refractivity contribution in [3.05, 3.63) is 285 Å². The minimum absolute atomic E-state index is 0.241. The van der Waals surface area contributed by atoms with Crippen molar-refractivity contribution >= 4 is 123 Å². The van der Waals surface area contributed by atoms with Crippen LogP contribution < -0.4 is 26.2 Å². The fraction of sp³-hybridized carbons (Fsp3) is 0. The van der Waals surface area contributed by atoms with Gasteiger partial charge in [-0.1, -0.05) is 206 Å². The van der Waals surface area contributed by atoms with Crippen LogP contribution in [0.1, 0.15) is 0 Å². The van der Waals surface area contributed by atoms with E-state index in [4.69, 9.17) is 13.3 Å². The molecule has 3 aromatic heterocycles. The number of benzene rings is 13. The highest BCUT2D eigenvalue weighted by atomic mass is 16.3. The molecule has 0 N–H and O–H groups in total. The van der Waals surface area contributed by atoms with Gasteiger partial charge in [-0.05, 0) is 140 Å². The summed E-state index contributed by atoms with van der Waals surface area (Å²) < 4.78 is 19.6. The van der Waals surface area contributed by atoms with Crippen molar-refractivity contribution in [3.8, 4) is 55.6 Å². The van der Waals surface area contributed by atoms with E-state index in [9.17, 15) is 0 Å². The Morgan fingerprint density at radius 3 is 1.17 bits per heavy atom. The molecule has 16 aromatic rings. The molecule has 0 aliphatic carbocycles. The molecule has 5 nitrogen and oxygen atoms in total. The predicted molar refractivity (Wildman–Crippen MR) is 349 cm³/mol. The van der Waals surface area contributed by atoms with Gasteiger partial charge in [0.05, 0.1) is 11.4 Å². The quantitative estimate of drug-likeness (QED) is 0.149. The molecule has 2 aliphatic heterocycles. The molecule has 84 heavy (non-hydrogen) atoms. The van der Waals surface area contributed by atoms with Crippen LogP contribution in [-0.2, 0) is 0 Å². The summed E-state index contributed by atoms with van der Waals surface area (Å²) in [6.45, 7) is -0.241. The molecule has 13 aromatic carbocycles. The monoisotopic (exact) mass is 1070 g/mol. The third kappa shape index (κ3) is 6.98. The van der Waals surface area contributed by atoms with Crippen LogP contribution in [0.5, 0.6) is 0 Å². The number of nitrogens with zero attached hydrogens (tertiary/aromatic N) is 2. The normalized spacial score (nSPS) is 12.7. The molecule has 0 spiro atoms. The second-order valence-corrected chi connectivity index (χ2v) is 22.2. The van der Waals surface area contributed by atoms with Crippen molar-refractivity contribution in [2.75, 3.05) is 9.80 Å². The van der Waals surface area contributed by atoms with Crippen molar-refractivity contribution in [1.29, 1.82) is 0 Å². The lowest BCUT2D eigenvalue weighted by Gasteiger charge is -2.45. The Labute approximate surface area is 484 Å². The smallest absolute Gasteiger partial charge is 0.252 e. The molecular formula is C78H47BN2O3. The fourth-order valence-corrected chi connectivity index (χ4v) is 14.0. The van der Waals surface area contributed by atoms with Crippen molar-refractivity contribution in [2.45, 2.75) is 0 Å². The number of fused-ring (bicyclic) bond motifs is 13. The number of para-hydroxylation sites is 5. The molecular weight excluding hydrogens is 1020 g/mol. The molecule has 0 bridgehead atoms. The van der Waals surface area contributed by atoms with Crippen molar-refractivity contribution in [1.82, 2.24) is 0 Å². The first kappa shape index (κ1) is 46.7. The summed E-state index contributed by atoms with van der Waals surface area (Å²) >= 11 is 0. The zero-order valence-corrected chi connectivity index (χ0v) is 45.3. The van der Waals surface area contributed by atoms with Gasteiger partial charge >= 0.3 is 0 Å². The van der Waals surface area contributed by atoms with Crippen LogP contribution in [0.25, 0.3) is 121 Å². The Hall–Kier alpha value is -11.1. The lowest BCUT2D eigenvalue weighted by Crippen LogP contribution is -2.61. The molecule has 0 fully saturated rings. The highest BCUT2D eigenvalue weighted by molar-refractivity contribution is 7.00. The van der Waals surface area contributed by atoms with Gasteiger partial charge in [-0.2, -0.15) is 0 Å². The predicted octanol–water partition coefficient (Wildman–Crippen LogP) is 19.8. The van der Waals surface area contributed by atoms with Crippen LogP contribution in [0, 0.1) is 0 Å². The van der Waals surface area contributed by atoms with Gasteiger partial charge in [-0.3, -0.25) is 0 Å². The second-order valence-electron chi connectivity index (χ2n) is 22.2. The van der Waals surface area contributed by atoms with Gasteiger partial charge < -0.3 is 23.1 Å². The molecule has 0 saturated heterocycles. The van der Waals surface area contributed by atoms with E-state index in [1.54, 1.807) is 0 Å². The van der Waals surface area contributed by atoms with E-state index in [0.29, 0.717) is 0 Å². The summed E-state index contributed by atoms with van der Waals surface area (Å²) in [5, 5.41) is 6.60. The van der Waals surface area contributed by atoms with Gasteiger partial charge in [0.15, 0.2) is 0 Å². The molecule has 6 heteroatoms. The molecule has 0 atom stereocenters. The molecule has 0 amide bonds. The minimum atomic E-state index is -0.241. The first-order valence-corrected chi connectivity index (χ1v) is 28.7. The van der Waals surface area contributed by atoms with E-state index in [1.807, 2.05) is 6.07 Å². The Bertz CT molecular complexity index is 5090. The van der Waals surface area contributed by atoms with E-state index in [1.165, 1.54) is 16.4 Å². The van der Waals surface area contributed by atoms with Crippen LogP contribution in [0.3, 0.4) is 0 Å². The summed E-state index contributed by atoms with van der Waals surface area (Å²) in [6, 6.07) is 104. The summed E-state index contributed by atoms with van der Waals surface area (Å²) in [5.74, 6) is 0. The Morgan fingerprint density at radius 2 is 0.631 bits per heavy atom. The topological polar surface area (TPSA) is 45.9 Å². The average molecular weight is 1070 g/mol. The SMILES string of the molecule is c1ccc(-c2ccccc2N2c3ccc(-c4cccc5oc6ccccc6c45)cc3B3c4cc(-c5cccc6oc7ccccc7c56)ccc4N(c4ccccc4-c4ccccc4)c4cc(-c5ccc6oc7ccccc7c6c5)cc2c43)cc1. The second kappa shape index (κ2) is 18.2. The Balaban J connectivity index is 0.983. The van der Waals surface area contributed by atoms with Crippen LogP contribution in [-0.4, -0.2) is 6.71 Å². The maximum atomic E-state index is 6.58. The average Bonchev–Trinajstić information content (AvgIpc) is 1.18. The number of rotatable bonds is 7. The van der Waals surface area contributed by atoms with E-state index < -0.39 is 0 Å². The molecule has 18 rings (SSSR count). The summed E-state index contributed by atoms with van der Waals surface area (Å²) in [5.41, 5.74) is 26.7. The van der Waals surface area contributed by atoms with E-state index in [2.05, 4.69) is 289 Å². The van der Waals surface area contributed by atoms with E-state index in [0.717, 1.165) is 156 Å². The lowest BCUT2D eigenvalue weighted by atomic mass is 9.33. The molecule has 0 saturated carbocycles. The number of hydrogen-bond acceptors (Lipinski definition) is 5. The van der Waals surface area contributed by atoms with Gasteiger partial charge in [-0.15, -0.1) is 0 Å². The molecule has 0 unspecified atom stereocenters. The van der Waals surface area contributed by atoms with Crippen molar-refractivity contribution in [2.24, 2.45) is 0 Å². The maximum absolute atomic E-state index is 6.58. The number of anilines is 6. The van der Waals surface area contributed by atoms with Crippen LogP contribution in [0.2, 0.25) is 0 Å². The van der Waals surface area contributed by atoms with Gasteiger partial charge in [0.25, 0.3) is 6.71 Å².